The van der Waals surface area contributed by atoms with Crippen molar-refractivity contribution in [3.05, 3.63) is 29.8 Å². The first-order chi connectivity index (χ1) is 13.5. The van der Waals surface area contributed by atoms with E-state index in [0.717, 1.165) is 12.0 Å². The molecule has 1 aliphatic heterocycles. The van der Waals surface area contributed by atoms with E-state index in [2.05, 4.69) is 5.32 Å². The van der Waals surface area contributed by atoms with Gasteiger partial charge in [-0.05, 0) is 24.3 Å². The predicted octanol–water partition coefficient (Wildman–Crippen LogP) is 2.63. The Morgan fingerprint density at radius 2 is 1.93 bits per heavy atom. The molecule has 3 atom stereocenters. The first-order valence-electron chi connectivity index (χ1n) is 10.4. The number of ether oxygens (including phenoxy) is 1. The summed E-state index contributed by atoms with van der Waals surface area (Å²) in [6.07, 6.45) is 7.20. The quantitative estimate of drug-likeness (QED) is 0.786. The molecule has 6 nitrogen and oxygen atoms in total. The van der Waals surface area contributed by atoms with Crippen LogP contribution < -0.4 is 15.8 Å². The predicted molar refractivity (Wildman–Crippen MR) is 109 cm³/mol. The van der Waals surface area contributed by atoms with Gasteiger partial charge in [0.1, 0.15) is 11.8 Å². The van der Waals surface area contributed by atoms with E-state index in [9.17, 15) is 9.59 Å². The number of hydrogen-bond donors (Lipinski definition) is 2. The first kappa shape index (κ1) is 20.6. The first-order valence-corrected chi connectivity index (χ1v) is 10.4. The lowest BCUT2D eigenvalue weighted by Gasteiger charge is -2.28. The average Bonchev–Trinajstić information content (AvgIpc) is 3.19. The fraction of sp³-hybridized carbons (Fsp3) is 0.636. The van der Waals surface area contributed by atoms with E-state index >= 15 is 0 Å². The van der Waals surface area contributed by atoms with Crippen molar-refractivity contribution in [1.82, 2.24) is 10.2 Å². The highest BCUT2D eigenvalue weighted by atomic mass is 16.5. The third kappa shape index (κ3) is 4.49. The summed E-state index contributed by atoms with van der Waals surface area (Å²) >= 11 is 0. The van der Waals surface area contributed by atoms with Crippen LogP contribution in [0, 0.1) is 11.8 Å². The van der Waals surface area contributed by atoms with Crippen LogP contribution in [0.1, 0.15) is 56.6 Å². The second-order valence-electron chi connectivity index (χ2n) is 8.12. The Hall–Kier alpha value is -2.08. The van der Waals surface area contributed by atoms with Gasteiger partial charge in [0.25, 0.3) is 0 Å². The summed E-state index contributed by atoms with van der Waals surface area (Å²) in [5, 5.41) is 2.73. The number of para-hydroxylation sites is 1. The molecule has 0 bridgehead atoms. The molecule has 1 unspecified atom stereocenters. The molecule has 3 N–H and O–H groups in total. The number of benzene rings is 1. The Kier molecular flexibility index (Phi) is 6.94. The molecule has 28 heavy (non-hydrogen) atoms. The molecular formula is C22H33N3O3. The van der Waals surface area contributed by atoms with Gasteiger partial charge in [0.2, 0.25) is 11.8 Å². The standard InChI is InChI=1S/C22H33N3O3/c1-24-22(27)19-12-16(15-8-4-3-5-9-15)14-25(19)21(26)13-18(23)17-10-6-7-11-20(17)28-2/h6-7,10-11,15-16,18-19H,3-5,8-9,12-14,23H2,1-2H3,(H,24,27)/t16?,18-,19-/m0/s1. The van der Waals surface area contributed by atoms with E-state index in [1.165, 1.54) is 32.1 Å². The van der Waals surface area contributed by atoms with Gasteiger partial charge >= 0.3 is 0 Å². The number of nitrogens with zero attached hydrogens (tertiary/aromatic N) is 1. The van der Waals surface area contributed by atoms with Gasteiger partial charge in [-0.1, -0.05) is 50.3 Å². The molecule has 0 radical (unpaired) electrons. The van der Waals surface area contributed by atoms with Crippen LogP contribution in [0.4, 0.5) is 0 Å². The molecule has 1 aliphatic carbocycles. The van der Waals surface area contributed by atoms with Crippen LogP contribution in [-0.4, -0.2) is 43.5 Å². The topological polar surface area (TPSA) is 84.7 Å². The van der Waals surface area contributed by atoms with E-state index < -0.39 is 6.04 Å². The van der Waals surface area contributed by atoms with Gasteiger partial charge in [-0.2, -0.15) is 0 Å². The van der Waals surface area contributed by atoms with Crippen molar-refractivity contribution < 1.29 is 14.3 Å². The van der Waals surface area contributed by atoms with Gasteiger partial charge in [-0.3, -0.25) is 9.59 Å². The fourth-order valence-electron chi connectivity index (χ4n) is 4.89. The third-order valence-corrected chi connectivity index (χ3v) is 6.45. The molecule has 154 valence electrons. The second kappa shape index (κ2) is 9.41. The second-order valence-corrected chi connectivity index (χ2v) is 8.12. The molecule has 2 amide bonds. The zero-order chi connectivity index (χ0) is 20.1. The van der Waals surface area contributed by atoms with Crippen LogP contribution in [0.5, 0.6) is 5.75 Å². The molecular weight excluding hydrogens is 354 g/mol. The number of amides is 2. The number of nitrogens with two attached hydrogens (primary N) is 1. The summed E-state index contributed by atoms with van der Waals surface area (Å²) < 4.78 is 5.38. The minimum atomic E-state index is -0.456. The summed E-state index contributed by atoms with van der Waals surface area (Å²) in [5.41, 5.74) is 7.16. The van der Waals surface area contributed by atoms with Crippen molar-refractivity contribution >= 4 is 11.8 Å². The zero-order valence-electron chi connectivity index (χ0n) is 17.0. The number of nitrogens with one attached hydrogen (secondary N) is 1. The van der Waals surface area contributed by atoms with Gasteiger partial charge in [-0.15, -0.1) is 0 Å². The van der Waals surface area contributed by atoms with Crippen LogP contribution in [0.15, 0.2) is 24.3 Å². The van der Waals surface area contributed by atoms with E-state index in [1.54, 1.807) is 19.1 Å². The largest absolute Gasteiger partial charge is 0.496 e. The highest BCUT2D eigenvalue weighted by Gasteiger charge is 2.42. The Morgan fingerprint density at radius 3 is 2.61 bits per heavy atom. The van der Waals surface area contributed by atoms with Crippen LogP contribution in [0.3, 0.4) is 0 Å². The number of likely N-dealkylation sites (tertiary alicyclic amines) is 1. The molecule has 6 heteroatoms. The van der Waals surface area contributed by atoms with Crippen LogP contribution in [0.2, 0.25) is 0 Å². The van der Waals surface area contributed by atoms with Crippen molar-refractivity contribution in [1.29, 1.82) is 0 Å². The van der Waals surface area contributed by atoms with Gasteiger partial charge in [0, 0.05) is 31.6 Å². The SMILES string of the molecule is CNC(=O)[C@@H]1CC(C2CCCCC2)CN1C(=O)C[C@H](N)c1ccccc1OC. The van der Waals surface area contributed by atoms with E-state index in [-0.39, 0.29) is 24.3 Å². The van der Waals surface area contributed by atoms with Crippen molar-refractivity contribution in [2.24, 2.45) is 17.6 Å². The molecule has 3 rings (SSSR count). The van der Waals surface area contributed by atoms with Crippen LogP contribution >= 0.6 is 0 Å². The minimum Gasteiger partial charge on any atom is -0.496 e. The van der Waals surface area contributed by atoms with E-state index in [0.29, 0.717) is 24.1 Å². The molecule has 0 aromatic heterocycles. The Balaban J connectivity index is 1.71. The summed E-state index contributed by atoms with van der Waals surface area (Å²) in [6.45, 7) is 0.667. The number of carbonyl (C=O) groups excluding carboxylic acids is 2. The number of rotatable bonds is 6. The fourth-order valence-corrected chi connectivity index (χ4v) is 4.89. The molecule has 1 saturated heterocycles. The molecule has 0 spiro atoms. The number of likely N-dealkylation sites (N-methyl/N-ethyl adjacent to an activating group) is 1. The maximum atomic E-state index is 13.1. The lowest BCUT2D eigenvalue weighted by atomic mass is 9.79. The zero-order valence-corrected chi connectivity index (χ0v) is 17.0. The maximum Gasteiger partial charge on any atom is 0.242 e. The van der Waals surface area contributed by atoms with Gasteiger partial charge < -0.3 is 20.7 Å². The molecule has 1 aromatic rings. The lowest BCUT2D eigenvalue weighted by Crippen LogP contribution is -2.45. The molecule has 2 aliphatic rings. The Bertz CT molecular complexity index is 687. The van der Waals surface area contributed by atoms with Gasteiger partial charge in [-0.25, -0.2) is 0 Å². The van der Waals surface area contributed by atoms with Gasteiger partial charge in [0.05, 0.1) is 7.11 Å². The van der Waals surface area contributed by atoms with Crippen molar-refractivity contribution in [2.45, 2.75) is 57.0 Å². The Morgan fingerprint density at radius 1 is 1.21 bits per heavy atom. The van der Waals surface area contributed by atoms with Crippen LogP contribution in [0.25, 0.3) is 0 Å². The molecule has 2 fully saturated rings. The maximum absolute atomic E-state index is 13.1. The highest BCUT2D eigenvalue weighted by Crippen LogP contribution is 2.38. The molecule has 1 aromatic carbocycles. The molecule has 1 heterocycles. The van der Waals surface area contributed by atoms with Crippen molar-refractivity contribution in [2.75, 3.05) is 20.7 Å². The molecule has 1 saturated carbocycles. The highest BCUT2D eigenvalue weighted by molar-refractivity contribution is 5.88. The summed E-state index contributed by atoms with van der Waals surface area (Å²) in [5.74, 6) is 1.60. The Labute approximate surface area is 167 Å². The van der Waals surface area contributed by atoms with Gasteiger partial charge in [0.15, 0.2) is 0 Å². The summed E-state index contributed by atoms with van der Waals surface area (Å²) in [6, 6.07) is 6.68. The summed E-state index contributed by atoms with van der Waals surface area (Å²) in [7, 11) is 3.24. The lowest BCUT2D eigenvalue weighted by molar-refractivity contribution is -0.138. The number of hydrogen-bond acceptors (Lipinski definition) is 4. The van der Waals surface area contributed by atoms with Crippen LogP contribution in [-0.2, 0) is 9.59 Å². The van der Waals surface area contributed by atoms with E-state index in [4.69, 9.17) is 10.5 Å². The smallest absolute Gasteiger partial charge is 0.242 e. The minimum absolute atomic E-state index is 0.0506. The average molecular weight is 388 g/mol. The van der Waals surface area contributed by atoms with E-state index in [1.807, 2.05) is 24.3 Å². The van der Waals surface area contributed by atoms with Crippen molar-refractivity contribution in [3.8, 4) is 5.75 Å². The third-order valence-electron chi connectivity index (χ3n) is 6.45. The number of methoxy groups -OCH3 is 1. The summed E-state index contributed by atoms with van der Waals surface area (Å²) in [4.78, 5) is 27.3. The van der Waals surface area contributed by atoms with Crippen molar-refractivity contribution in [3.63, 3.8) is 0 Å². The monoisotopic (exact) mass is 387 g/mol. The number of carbonyl (C=O) groups is 2. The normalized spacial score (nSPS) is 24.0.